The van der Waals surface area contributed by atoms with Crippen molar-refractivity contribution in [2.75, 3.05) is 13.7 Å². The lowest BCUT2D eigenvalue weighted by atomic mass is 9.62. The van der Waals surface area contributed by atoms with Crippen LogP contribution in [0.15, 0.2) is 29.2 Å². The van der Waals surface area contributed by atoms with E-state index in [1.165, 1.54) is 38.8 Å². The Balaban J connectivity index is 1.56. The topological polar surface area (TPSA) is 84.5 Å². The van der Waals surface area contributed by atoms with Gasteiger partial charge in [0.15, 0.2) is 0 Å². The molecule has 1 heterocycles. The second-order valence-corrected chi connectivity index (χ2v) is 9.38. The van der Waals surface area contributed by atoms with Gasteiger partial charge in [-0.05, 0) is 30.5 Å². The smallest absolute Gasteiger partial charge is 0.251 e. The molecule has 2 N–H and O–H groups in total. The number of carbonyl (C=O) groups is 1. The standard InChI is InChI=1S/C19H26N2O4S/c1-20-19(22)13-7-4-8-14(11-13)26(23,24)21-17-15-9-10-25-18(15)16(17)12-5-2-3-6-12/h4,7-8,11-12,15-18,21H,2-3,5-6,9-10H2,1H3,(H,20,22)/t15-,16+,17+,18-/m1/s1. The first-order valence-corrected chi connectivity index (χ1v) is 11.0. The van der Waals surface area contributed by atoms with Crippen molar-refractivity contribution in [3.8, 4) is 0 Å². The molecule has 0 bridgehead atoms. The Kier molecular flexibility index (Phi) is 4.79. The molecular weight excluding hydrogens is 352 g/mol. The summed E-state index contributed by atoms with van der Waals surface area (Å²) in [4.78, 5) is 12.0. The Hall–Kier alpha value is -1.44. The van der Waals surface area contributed by atoms with Crippen LogP contribution in [0.1, 0.15) is 42.5 Å². The van der Waals surface area contributed by atoms with Gasteiger partial charge in [0.05, 0.1) is 11.0 Å². The normalized spacial score (nSPS) is 31.4. The zero-order valence-corrected chi connectivity index (χ0v) is 15.8. The Bertz CT molecular complexity index is 784. The molecule has 1 aromatic rings. The van der Waals surface area contributed by atoms with Crippen molar-refractivity contribution in [2.45, 2.75) is 49.1 Å². The van der Waals surface area contributed by atoms with Crippen molar-refractivity contribution in [2.24, 2.45) is 17.8 Å². The van der Waals surface area contributed by atoms with E-state index in [9.17, 15) is 13.2 Å². The van der Waals surface area contributed by atoms with Gasteiger partial charge in [-0.25, -0.2) is 13.1 Å². The van der Waals surface area contributed by atoms with Crippen LogP contribution in [0.5, 0.6) is 0 Å². The highest BCUT2D eigenvalue weighted by molar-refractivity contribution is 7.89. The molecule has 4 rings (SSSR count). The Morgan fingerprint density at radius 2 is 1.96 bits per heavy atom. The van der Waals surface area contributed by atoms with Gasteiger partial charge in [-0.2, -0.15) is 0 Å². The van der Waals surface area contributed by atoms with Crippen molar-refractivity contribution in [3.63, 3.8) is 0 Å². The molecule has 26 heavy (non-hydrogen) atoms. The molecule has 1 aromatic carbocycles. The van der Waals surface area contributed by atoms with Crippen LogP contribution < -0.4 is 10.0 Å². The van der Waals surface area contributed by atoms with Crippen LogP contribution in [-0.4, -0.2) is 40.1 Å². The molecule has 142 valence electrons. The first-order valence-electron chi connectivity index (χ1n) is 9.47. The molecule has 3 fully saturated rings. The van der Waals surface area contributed by atoms with E-state index >= 15 is 0 Å². The zero-order valence-electron chi connectivity index (χ0n) is 15.0. The monoisotopic (exact) mass is 378 g/mol. The second-order valence-electron chi connectivity index (χ2n) is 7.66. The lowest BCUT2D eigenvalue weighted by Gasteiger charge is -2.50. The fraction of sp³-hybridized carbons (Fsp3) is 0.632. The van der Waals surface area contributed by atoms with E-state index in [1.54, 1.807) is 18.2 Å². The third-order valence-corrected chi connectivity index (χ3v) is 7.76. The molecule has 1 aliphatic heterocycles. The average molecular weight is 378 g/mol. The predicted octanol–water partition coefficient (Wildman–Crippen LogP) is 1.92. The third-order valence-electron chi connectivity index (χ3n) is 6.31. The summed E-state index contributed by atoms with van der Waals surface area (Å²) >= 11 is 0. The summed E-state index contributed by atoms with van der Waals surface area (Å²) in [6, 6.07) is 6.15. The van der Waals surface area contributed by atoms with Crippen molar-refractivity contribution >= 4 is 15.9 Å². The minimum atomic E-state index is -3.67. The highest BCUT2D eigenvalue weighted by Crippen LogP contribution is 2.51. The summed E-state index contributed by atoms with van der Waals surface area (Å²) in [5.41, 5.74) is 0.346. The number of fused-ring (bicyclic) bond motifs is 1. The molecule has 0 radical (unpaired) electrons. The fourth-order valence-corrected chi connectivity index (χ4v) is 6.38. The van der Waals surface area contributed by atoms with Gasteiger partial charge in [0.2, 0.25) is 10.0 Å². The molecule has 2 aliphatic carbocycles. The lowest BCUT2D eigenvalue weighted by molar-refractivity contribution is -0.0746. The van der Waals surface area contributed by atoms with Crippen LogP contribution >= 0.6 is 0 Å². The molecule has 6 nitrogen and oxygen atoms in total. The van der Waals surface area contributed by atoms with Crippen LogP contribution in [0.3, 0.4) is 0 Å². The van der Waals surface area contributed by atoms with Crippen molar-refractivity contribution < 1.29 is 17.9 Å². The van der Waals surface area contributed by atoms with Gasteiger partial charge in [0, 0.05) is 37.1 Å². The zero-order chi connectivity index (χ0) is 18.3. The number of benzene rings is 1. The van der Waals surface area contributed by atoms with E-state index in [0.717, 1.165) is 13.0 Å². The van der Waals surface area contributed by atoms with Crippen molar-refractivity contribution in [1.29, 1.82) is 0 Å². The molecule has 0 unspecified atom stereocenters. The van der Waals surface area contributed by atoms with Crippen LogP contribution in [0.4, 0.5) is 0 Å². The molecule has 0 spiro atoms. The van der Waals surface area contributed by atoms with E-state index < -0.39 is 10.0 Å². The number of amides is 1. The van der Waals surface area contributed by atoms with Crippen LogP contribution in [0, 0.1) is 17.8 Å². The van der Waals surface area contributed by atoms with Crippen molar-refractivity contribution in [1.82, 2.24) is 10.0 Å². The summed E-state index contributed by atoms with van der Waals surface area (Å²) in [7, 11) is -2.14. The van der Waals surface area contributed by atoms with Gasteiger partial charge in [0.25, 0.3) is 5.91 Å². The van der Waals surface area contributed by atoms with E-state index in [4.69, 9.17) is 4.74 Å². The van der Waals surface area contributed by atoms with E-state index in [2.05, 4.69) is 10.0 Å². The van der Waals surface area contributed by atoms with Gasteiger partial charge in [0.1, 0.15) is 0 Å². The number of rotatable bonds is 5. The molecule has 4 atom stereocenters. The minimum absolute atomic E-state index is 0.0562. The predicted molar refractivity (Wildman–Crippen MR) is 97.2 cm³/mol. The lowest BCUT2D eigenvalue weighted by Crippen LogP contribution is -2.63. The summed E-state index contributed by atoms with van der Waals surface area (Å²) in [5, 5.41) is 2.53. The first kappa shape index (κ1) is 17.9. The van der Waals surface area contributed by atoms with Crippen LogP contribution in [0.2, 0.25) is 0 Å². The molecule has 1 saturated heterocycles. The number of carbonyl (C=O) groups excluding carboxylic acids is 1. The van der Waals surface area contributed by atoms with Gasteiger partial charge in [-0.3, -0.25) is 4.79 Å². The van der Waals surface area contributed by atoms with Gasteiger partial charge in [-0.1, -0.05) is 31.7 Å². The maximum Gasteiger partial charge on any atom is 0.251 e. The molecular formula is C19H26N2O4S. The molecule has 2 saturated carbocycles. The fourth-order valence-electron chi connectivity index (χ4n) is 5.02. The summed E-state index contributed by atoms with van der Waals surface area (Å²) in [6.07, 6.45) is 5.92. The van der Waals surface area contributed by atoms with Crippen molar-refractivity contribution in [3.05, 3.63) is 29.8 Å². The average Bonchev–Trinajstić information content (AvgIpc) is 3.30. The van der Waals surface area contributed by atoms with E-state index in [-0.39, 0.29) is 34.8 Å². The molecule has 0 aromatic heterocycles. The number of sulfonamides is 1. The van der Waals surface area contributed by atoms with Gasteiger partial charge in [-0.15, -0.1) is 0 Å². The molecule has 7 heteroatoms. The highest BCUT2D eigenvalue weighted by atomic mass is 32.2. The SMILES string of the molecule is CNC(=O)c1cccc(S(=O)(=O)N[C@H]2[C@H]3CCO[C@H]3[C@H]2C2CCCC2)c1. The summed E-state index contributed by atoms with van der Waals surface area (Å²) in [5.74, 6) is 0.817. The Morgan fingerprint density at radius 1 is 1.19 bits per heavy atom. The Labute approximate surface area is 154 Å². The largest absolute Gasteiger partial charge is 0.377 e. The molecule has 1 amide bonds. The van der Waals surface area contributed by atoms with E-state index in [0.29, 0.717) is 11.5 Å². The number of nitrogens with one attached hydrogen (secondary N) is 2. The number of ether oxygens (including phenoxy) is 1. The summed E-state index contributed by atoms with van der Waals surface area (Å²) in [6.45, 7) is 0.725. The second kappa shape index (κ2) is 6.94. The third kappa shape index (κ3) is 3.06. The van der Waals surface area contributed by atoms with Crippen LogP contribution in [-0.2, 0) is 14.8 Å². The maximum absolute atomic E-state index is 13.0. The summed E-state index contributed by atoms with van der Waals surface area (Å²) < 4.78 is 34.8. The maximum atomic E-state index is 13.0. The highest BCUT2D eigenvalue weighted by Gasteiger charge is 2.57. The minimum Gasteiger partial charge on any atom is -0.377 e. The molecule has 3 aliphatic rings. The van der Waals surface area contributed by atoms with Crippen LogP contribution in [0.25, 0.3) is 0 Å². The number of hydrogen-bond donors (Lipinski definition) is 2. The van der Waals surface area contributed by atoms with E-state index in [1.807, 2.05) is 0 Å². The first-order chi connectivity index (χ1) is 12.5. The number of hydrogen-bond acceptors (Lipinski definition) is 4. The van der Waals surface area contributed by atoms with Gasteiger partial charge < -0.3 is 10.1 Å². The Morgan fingerprint density at radius 3 is 2.69 bits per heavy atom. The van der Waals surface area contributed by atoms with Gasteiger partial charge >= 0.3 is 0 Å². The quantitative estimate of drug-likeness (QED) is 0.820.